The number of ether oxygens (including phenoxy) is 1. The van der Waals surface area contributed by atoms with Gasteiger partial charge < -0.3 is 25.8 Å². The Kier molecular flexibility index (Phi) is 6.29. The molecule has 1 fully saturated rings. The van der Waals surface area contributed by atoms with Crippen LogP contribution < -0.4 is 5.73 Å². The fourth-order valence-electron chi connectivity index (χ4n) is 1.73. The zero-order chi connectivity index (χ0) is 16.4. The minimum Gasteiger partial charge on any atom is -0.388 e. The lowest BCUT2D eigenvalue weighted by atomic mass is 9.92. The van der Waals surface area contributed by atoms with Gasteiger partial charge >= 0.3 is 6.18 Å². The molecule has 1 rings (SSSR count). The van der Waals surface area contributed by atoms with Crippen LogP contribution in [0.15, 0.2) is 0 Å². The molecule has 0 aromatic rings. The van der Waals surface area contributed by atoms with Gasteiger partial charge in [0.1, 0.15) is 23.7 Å². The molecule has 21 heavy (non-hydrogen) atoms. The van der Waals surface area contributed by atoms with Crippen LogP contribution in [0, 0.1) is 12.3 Å². The van der Waals surface area contributed by atoms with Crippen molar-refractivity contribution in [3.8, 4) is 0 Å². The first kappa shape index (κ1) is 18.5. The van der Waals surface area contributed by atoms with Crippen LogP contribution >= 0.6 is 11.8 Å². The van der Waals surface area contributed by atoms with Crippen molar-refractivity contribution < 1.29 is 38.0 Å². The average Bonchev–Trinajstić information content (AvgIpc) is 2.36. The minimum atomic E-state index is -4.46. The van der Waals surface area contributed by atoms with E-state index in [1.54, 1.807) is 0 Å². The molecule has 1 radical (unpaired) electrons. The molecule has 123 valence electrons. The molecule has 0 aromatic carbocycles. The molecule has 10 heteroatoms. The van der Waals surface area contributed by atoms with Crippen LogP contribution in [0.4, 0.5) is 13.2 Å². The van der Waals surface area contributed by atoms with Gasteiger partial charge in [0.05, 0.1) is 11.9 Å². The number of rotatable bonds is 5. The second-order valence-corrected chi connectivity index (χ2v) is 5.84. The van der Waals surface area contributed by atoms with Gasteiger partial charge in [-0.25, -0.2) is 0 Å². The Balaban J connectivity index is 2.71. The molecule has 0 spiro atoms. The van der Waals surface area contributed by atoms with E-state index < -0.39 is 53.6 Å². The number of halogens is 3. The summed E-state index contributed by atoms with van der Waals surface area (Å²) in [6.07, 6.45) is -9.43. The lowest BCUT2D eigenvalue weighted by Crippen LogP contribution is -2.57. The number of nitrogens with two attached hydrogens (primary N) is 1. The van der Waals surface area contributed by atoms with Crippen molar-refractivity contribution in [2.75, 3.05) is 5.75 Å². The van der Waals surface area contributed by atoms with E-state index in [2.05, 4.69) is 0 Å². The summed E-state index contributed by atoms with van der Waals surface area (Å²) in [7, 11) is 0. The van der Waals surface area contributed by atoms with Crippen molar-refractivity contribution in [3.63, 3.8) is 0 Å². The zero-order valence-corrected chi connectivity index (χ0v) is 11.8. The Hall–Kier alpha value is -0.550. The quantitative estimate of drug-likeness (QED) is 0.536. The third-order valence-electron chi connectivity index (χ3n) is 2.94. The van der Waals surface area contributed by atoms with Gasteiger partial charge in [-0.15, -0.1) is 11.8 Å². The maximum Gasteiger partial charge on any atom is 0.397 e. The number of amides is 1. The highest BCUT2D eigenvalue weighted by molar-refractivity contribution is 7.99. The molecule has 0 aromatic heterocycles. The number of hydrogen-bond acceptors (Lipinski definition) is 6. The predicted molar refractivity (Wildman–Crippen MR) is 67.9 cm³/mol. The molecular weight excluding hydrogens is 315 g/mol. The van der Waals surface area contributed by atoms with Crippen molar-refractivity contribution in [1.29, 1.82) is 0 Å². The summed E-state index contributed by atoms with van der Waals surface area (Å²) < 4.78 is 41.7. The van der Waals surface area contributed by atoms with Gasteiger partial charge in [0.15, 0.2) is 0 Å². The normalized spacial score (nSPS) is 35.5. The smallest absolute Gasteiger partial charge is 0.388 e. The molecule has 0 aliphatic carbocycles. The first-order chi connectivity index (χ1) is 9.53. The number of carbonyl (C=O) groups excluding carboxylic acids is 1. The van der Waals surface area contributed by atoms with E-state index in [-0.39, 0.29) is 11.8 Å². The third-order valence-corrected chi connectivity index (χ3v) is 4.16. The van der Waals surface area contributed by atoms with Gasteiger partial charge in [0.25, 0.3) is 0 Å². The fourth-order valence-corrected chi connectivity index (χ4v) is 2.64. The minimum absolute atomic E-state index is 0.253. The monoisotopic (exact) mass is 332 g/mol. The maximum atomic E-state index is 12.2. The summed E-state index contributed by atoms with van der Waals surface area (Å²) in [6.45, 7) is 1.41. The van der Waals surface area contributed by atoms with E-state index in [0.717, 1.165) is 0 Å². The number of thioether (sulfide) groups is 1. The van der Waals surface area contributed by atoms with Crippen molar-refractivity contribution in [3.05, 3.63) is 6.42 Å². The van der Waals surface area contributed by atoms with Gasteiger partial charge in [-0.3, -0.25) is 4.79 Å². The summed E-state index contributed by atoms with van der Waals surface area (Å²) in [5.74, 6) is -2.82. The molecule has 6 unspecified atom stereocenters. The molecule has 1 amide bonds. The summed E-state index contributed by atoms with van der Waals surface area (Å²) in [5, 5.41) is 29.0. The highest BCUT2D eigenvalue weighted by Gasteiger charge is 2.45. The van der Waals surface area contributed by atoms with Crippen LogP contribution in [0.5, 0.6) is 0 Å². The Morgan fingerprint density at radius 2 is 1.90 bits per heavy atom. The number of alkyl halides is 3. The highest BCUT2D eigenvalue weighted by Crippen LogP contribution is 2.33. The van der Waals surface area contributed by atoms with Crippen molar-refractivity contribution >= 4 is 17.7 Å². The number of aliphatic hydroxyl groups excluding tert-OH is 3. The van der Waals surface area contributed by atoms with Crippen molar-refractivity contribution in [2.24, 2.45) is 11.7 Å². The summed E-state index contributed by atoms with van der Waals surface area (Å²) in [6, 6.07) is 0. The number of hydrogen-bond donors (Lipinski definition) is 4. The van der Waals surface area contributed by atoms with E-state index >= 15 is 0 Å². The van der Waals surface area contributed by atoms with Crippen LogP contribution in [0.3, 0.4) is 0 Å². The lowest BCUT2D eigenvalue weighted by molar-refractivity contribution is -0.190. The third kappa shape index (κ3) is 5.29. The molecule has 1 saturated heterocycles. The summed E-state index contributed by atoms with van der Waals surface area (Å²) in [5.41, 5.74) is 3.65. The van der Waals surface area contributed by atoms with Gasteiger partial charge in [-0.1, -0.05) is 6.92 Å². The van der Waals surface area contributed by atoms with Crippen LogP contribution in [0.1, 0.15) is 6.92 Å². The zero-order valence-electron chi connectivity index (χ0n) is 11.0. The van der Waals surface area contributed by atoms with Crippen molar-refractivity contribution in [2.45, 2.75) is 43.0 Å². The van der Waals surface area contributed by atoms with E-state index in [1.807, 2.05) is 0 Å². The molecular formula is C11H17F3NO5S. The van der Waals surface area contributed by atoms with Gasteiger partial charge in [0, 0.05) is 12.3 Å². The largest absolute Gasteiger partial charge is 0.397 e. The van der Waals surface area contributed by atoms with Crippen LogP contribution in [-0.2, 0) is 9.53 Å². The van der Waals surface area contributed by atoms with E-state index in [4.69, 9.17) is 10.5 Å². The first-order valence-electron chi connectivity index (χ1n) is 6.05. The SMILES string of the molecule is CC([CH]C1OC(SCC(F)(F)F)C(O)C(O)C1O)C(N)=O. The van der Waals surface area contributed by atoms with Crippen LogP contribution in [0.2, 0.25) is 0 Å². The molecule has 6 atom stereocenters. The van der Waals surface area contributed by atoms with E-state index in [1.165, 1.54) is 13.3 Å². The summed E-state index contributed by atoms with van der Waals surface area (Å²) >= 11 is 0.253. The predicted octanol–water partition coefficient (Wildman–Crippen LogP) is -0.585. The van der Waals surface area contributed by atoms with E-state index in [0.29, 0.717) is 0 Å². The standard InChI is InChI=1S/C11H17F3NO5S/c1-4(9(15)19)2-5-6(16)7(17)8(18)10(20-5)21-3-11(12,13)14/h2,4-8,10,16-18H,3H2,1H3,(H2,15,19). The van der Waals surface area contributed by atoms with E-state index in [9.17, 15) is 33.3 Å². The Morgan fingerprint density at radius 1 is 1.33 bits per heavy atom. The number of carbonyl (C=O) groups is 1. The Morgan fingerprint density at radius 3 is 2.38 bits per heavy atom. The Bertz CT molecular complexity index is 370. The molecule has 1 aliphatic rings. The maximum absolute atomic E-state index is 12.2. The second-order valence-electron chi connectivity index (χ2n) is 4.75. The molecule has 0 saturated carbocycles. The lowest BCUT2D eigenvalue weighted by Gasteiger charge is -2.40. The molecule has 6 nitrogen and oxygen atoms in total. The first-order valence-corrected chi connectivity index (χ1v) is 7.10. The van der Waals surface area contributed by atoms with Gasteiger partial charge in [-0.05, 0) is 0 Å². The van der Waals surface area contributed by atoms with Crippen molar-refractivity contribution in [1.82, 2.24) is 0 Å². The second kappa shape index (κ2) is 7.14. The van der Waals surface area contributed by atoms with Crippen LogP contribution in [0.25, 0.3) is 0 Å². The fraction of sp³-hybridized carbons (Fsp3) is 0.818. The topological polar surface area (TPSA) is 113 Å². The van der Waals surface area contributed by atoms with Gasteiger partial charge in [0.2, 0.25) is 5.91 Å². The number of aliphatic hydroxyl groups is 3. The molecule has 5 N–H and O–H groups in total. The highest BCUT2D eigenvalue weighted by atomic mass is 32.2. The average molecular weight is 332 g/mol. The summed E-state index contributed by atoms with van der Waals surface area (Å²) in [4.78, 5) is 11.0. The molecule has 1 aliphatic heterocycles. The Labute approximate surface area is 123 Å². The molecule has 0 bridgehead atoms. The van der Waals surface area contributed by atoms with Gasteiger partial charge in [-0.2, -0.15) is 13.2 Å². The van der Waals surface area contributed by atoms with Crippen LogP contribution in [-0.4, -0.2) is 63.0 Å². The molecule has 1 heterocycles. The number of primary amides is 1.